The summed E-state index contributed by atoms with van der Waals surface area (Å²) in [4.78, 5) is 1.42. The molecule has 1 heterocycles. The molecule has 0 aromatic carbocycles. The van der Waals surface area contributed by atoms with Crippen LogP contribution in [0.4, 0.5) is 0 Å². The van der Waals surface area contributed by atoms with Crippen molar-refractivity contribution in [2.45, 2.75) is 19.4 Å². The zero-order valence-electron chi connectivity index (χ0n) is 9.16. The fraction of sp³-hybridized carbons (Fsp3) is 0.538. The van der Waals surface area contributed by atoms with E-state index in [-0.39, 0.29) is 0 Å². The highest BCUT2D eigenvalue weighted by atomic mass is 79.9. The maximum absolute atomic E-state index is 3.60. The SMILES string of the molecule is Brc1ccc(CNCC2CC3C=CC2C3)s1. The number of rotatable bonds is 4. The molecular formula is C13H16BrNS. The maximum Gasteiger partial charge on any atom is 0.0701 e. The standard InChI is InChI=1S/C13H16BrNS/c14-13-4-3-12(16-13)8-15-7-11-6-9-1-2-10(11)5-9/h1-4,9-11,15H,5-8H2. The summed E-state index contributed by atoms with van der Waals surface area (Å²) in [6.07, 6.45) is 7.67. The van der Waals surface area contributed by atoms with Crippen molar-refractivity contribution in [2.24, 2.45) is 17.8 Å². The van der Waals surface area contributed by atoms with Gasteiger partial charge < -0.3 is 5.32 Å². The fourth-order valence-electron chi connectivity index (χ4n) is 2.96. The first-order valence-electron chi connectivity index (χ1n) is 5.94. The topological polar surface area (TPSA) is 12.0 Å². The highest BCUT2D eigenvalue weighted by molar-refractivity contribution is 9.11. The second kappa shape index (κ2) is 4.63. The number of nitrogens with one attached hydrogen (secondary N) is 1. The molecule has 1 aromatic rings. The van der Waals surface area contributed by atoms with E-state index in [1.54, 1.807) is 0 Å². The summed E-state index contributed by atoms with van der Waals surface area (Å²) < 4.78 is 1.23. The van der Waals surface area contributed by atoms with E-state index in [2.05, 4.69) is 45.5 Å². The predicted molar refractivity (Wildman–Crippen MR) is 72.6 cm³/mol. The van der Waals surface area contributed by atoms with Gasteiger partial charge in [0.15, 0.2) is 0 Å². The quantitative estimate of drug-likeness (QED) is 0.833. The summed E-state index contributed by atoms with van der Waals surface area (Å²) in [6.45, 7) is 2.20. The highest BCUT2D eigenvalue weighted by Gasteiger charge is 2.34. The van der Waals surface area contributed by atoms with Gasteiger partial charge in [0.2, 0.25) is 0 Å². The lowest BCUT2D eigenvalue weighted by Gasteiger charge is -2.18. The lowest BCUT2D eigenvalue weighted by molar-refractivity contribution is 0.415. The van der Waals surface area contributed by atoms with Crippen LogP contribution in [0.3, 0.4) is 0 Å². The average molecular weight is 298 g/mol. The second-order valence-electron chi connectivity index (χ2n) is 4.88. The Hall–Kier alpha value is -0.120. The van der Waals surface area contributed by atoms with Gasteiger partial charge in [-0.1, -0.05) is 12.2 Å². The van der Waals surface area contributed by atoms with E-state index in [0.29, 0.717) is 0 Å². The van der Waals surface area contributed by atoms with Gasteiger partial charge in [-0.2, -0.15) is 0 Å². The molecule has 2 aliphatic rings. The number of halogens is 1. The fourth-order valence-corrected chi connectivity index (χ4v) is 4.41. The number of hydrogen-bond donors (Lipinski definition) is 1. The largest absolute Gasteiger partial charge is 0.312 e. The third-order valence-corrected chi connectivity index (χ3v) is 5.37. The van der Waals surface area contributed by atoms with Crippen LogP contribution in [0.15, 0.2) is 28.1 Å². The predicted octanol–water partition coefficient (Wildman–Crippen LogP) is 3.81. The van der Waals surface area contributed by atoms with Crippen molar-refractivity contribution in [3.05, 3.63) is 32.9 Å². The molecule has 3 rings (SSSR count). The number of thiophene rings is 1. The van der Waals surface area contributed by atoms with Crippen molar-refractivity contribution in [1.82, 2.24) is 5.32 Å². The Bertz CT molecular complexity index is 398. The molecule has 1 N–H and O–H groups in total. The molecule has 86 valence electrons. The Morgan fingerprint density at radius 2 is 2.25 bits per heavy atom. The van der Waals surface area contributed by atoms with Crippen LogP contribution in [-0.2, 0) is 6.54 Å². The summed E-state index contributed by atoms with van der Waals surface area (Å²) in [5.74, 6) is 2.65. The van der Waals surface area contributed by atoms with Gasteiger partial charge >= 0.3 is 0 Å². The van der Waals surface area contributed by atoms with Crippen LogP contribution in [-0.4, -0.2) is 6.54 Å². The summed E-state index contributed by atoms with van der Waals surface area (Å²) in [7, 11) is 0. The summed E-state index contributed by atoms with van der Waals surface area (Å²) >= 11 is 5.32. The first-order chi connectivity index (χ1) is 7.81. The lowest BCUT2D eigenvalue weighted by Crippen LogP contribution is -2.24. The van der Waals surface area contributed by atoms with Gasteiger partial charge in [0.1, 0.15) is 0 Å². The van der Waals surface area contributed by atoms with Crippen molar-refractivity contribution in [1.29, 1.82) is 0 Å². The molecule has 1 aromatic heterocycles. The van der Waals surface area contributed by atoms with Crippen LogP contribution >= 0.6 is 27.3 Å². The van der Waals surface area contributed by atoms with Crippen molar-refractivity contribution in [2.75, 3.05) is 6.54 Å². The molecule has 16 heavy (non-hydrogen) atoms. The van der Waals surface area contributed by atoms with Crippen LogP contribution in [0, 0.1) is 17.8 Å². The molecule has 0 saturated heterocycles. The molecule has 2 aliphatic carbocycles. The molecule has 0 amide bonds. The van der Waals surface area contributed by atoms with E-state index < -0.39 is 0 Å². The minimum Gasteiger partial charge on any atom is -0.312 e. The molecule has 0 aliphatic heterocycles. The van der Waals surface area contributed by atoms with Gasteiger partial charge in [0.25, 0.3) is 0 Å². The molecule has 0 radical (unpaired) electrons. The Labute approximate surface area is 109 Å². The molecule has 3 unspecified atom stereocenters. The highest BCUT2D eigenvalue weighted by Crippen LogP contribution is 2.42. The van der Waals surface area contributed by atoms with Crippen molar-refractivity contribution < 1.29 is 0 Å². The van der Waals surface area contributed by atoms with Gasteiger partial charge in [-0.3, -0.25) is 0 Å². The third-order valence-electron chi connectivity index (χ3n) is 3.75. The molecule has 1 nitrogen and oxygen atoms in total. The van der Waals surface area contributed by atoms with E-state index in [1.165, 1.54) is 28.0 Å². The Kier molecular flexibility index (Phi) is 3.18. The van der Waals surface area contributed by atoms with Gasteiger partial charge in [0.05, 0.1) is 3.79 Å². The molecule has 3 atom stereocenters. The Balaban J connectivity index is 1.46. The van der Waals surface area contributed by atoms with Crippen LogP contribution in [0.2, 0.25) is 0 Å². The third kappa shape index (κ3) is 2.27. The zero-order valence-corrected chi connectivity index (χ0v) is 11.6. The molecule has 1 saturated carbocycles. The van der Waals surface area contributed by atoms with E-state index >= 15 is 0 Å². The van der Waals surface area contributed by atoms with Crippen molar-refractivity contribution in [3.8, 4) is 0 Å². The van der Waals surface area contributed by atoms with Gasteiger partial charge in [0, 0.05) is 11.4 Å². The van der Waals surface area contributed by atoms with Gasteiger partial charge in [-0.05, 0) is 65.2 Å². The van der Waals surface area contributed by atoms with E-state index in [0.717, 1.165) is 24.3 Å². The average Bonchev–Trinajstić information content (AvgIpc) is 2.94. The monoisotopic (exact) mass is 297 g/mol. The van der Waals surface area contributed by atoms with Gasteiger partial charge in [-0.15, -0.1) is 11.3 Å². The number of hydrogen-bond acceptors (Lipinski definition) is 2. The second-order valence-corrected chi connectivity index (χ2v) is 7.42. The lowest BCUT2D eigenvalue weighted by atomic mass is 9.94. The molecular weight excluding hydrogens is 282 g/mol. The normalized spacial score (nSPS) is 31.4. The van der Waals surface area contributed by atoms with Crippen LogP contribution in [0.25, 0.3) is 0 Å². The van der Waals surface area contributed by atoms with E-state index in [4.69, 9.17) is 0 Å². The number of allylic oxidation sites excluding steroid dienone is 2. The minimum absolute atomic E-state index is 0.868. The smallest absolute Gasteiger partial charge is 0.0701 e. The van der Waals surface area contributed by atoms with Crippen molar-refractivity contribution >= 4 is 27.3 Å². The van der Waals surface area contributed by atoms with E-state index in [1.807, 2.05) is 11.3 Å². The minimum atomic E-state index is 0.868. The Morgan fingerprint density at radius 3 is 2.88 bits per heavy atom. The molecule has 0 spiro atoms. The first-order valence-corrected chi connectivity index (χ1v) is 7.55. The van der Waals surface area contributed by atoms with Crippen molar-refractivity contribution in [3.63, 3.8) is 0 Å². The number of fused-ring (bicyclic) bond motifs is 2. The summed E-state index contributed by atoms with van der Waals surface area (Å²) in [5.41, 5.74) is 0. The van der Waals surface area contributed by atoms with Crippen LogP contribution in [0.5, 0.6) is 0 Å². The van der Waals surface area contributed by atoms with Gasteiger partial charge in [-0.25, -0.2) is 0 Å². The molecule has 2 bridgehead atoms. The first kappa shape index (κ1) is 11.0. The van der Waals surface area contributed by atoms with Crippen LogP contribution in [0.1, 0.15) is 17.7 Å². The zero-order chi connectivity index (χ0) is 11.0. The van der Waals surface area contributed by atoms with Crippen LogP contribution < -0.4 is 5.32 Å². The molecule has 3 heteroatoms. The maximum atomic E-state index is 3.60. The summed E-state index contributed by atoms with van der Waals surface area (Å²) in [5, 5.41) is 3.60. The summed E-state index contributed by atoms with van der Waals surface area (Å²) in [6, 6.07) is 4.32. The molecule has 1 fully saturated rings. The van der Waals surface area contributed by atoms with E-state index in [9.17, 15) is 0 Å². The Morgan fingerprint density at radius 1 is 1.31 bits per heavy atom.